The quantitative estimate of drug-likeness (QED) is 0.828. The summed E-state index contributed by atoms with van der Waals surface area (Å²) in [5.41, 5.74) is 0. The molecule has 2 rings (SSSR count). The first kappa shape index (κ1) is 14.7. The summed E-state index contributed by atoms with van der Waals surface area (Å²) in [6.07, 6.45) is 0.814. The van der Waals surface area contributed by atoms with E-state index in [-0.39, 0.29) is 6.03 Å². The van der Waals surface area contributed by atoms with Crippen LogP contribution < -0.4 is 10.1 Å². The predicted octanol–water partition coefficient (Wildman–Crippen LogP) is 1.41. The summed E-state index contributed by atoms with van der Waals surface area (Å²) >= 11 is 0. The highest BCUT2D eigenvalue weighted by Gasteiger charge is 2.18. The van der Waals surface area contributed by atoms with Crippen molar-refractivity contribution in [1.29, 1.82) is 0 Å². The highest BCUT2D eigenvalue weighted by Crippen LogP contribution is 2.08. The molecule has 1 aliphatic rings. The monoisotopic (exact) mass is 277 g/mol. The van der Waals surface area contributed by atoms with E-state index in [4.69, 9.17) is 4.74 Å². The second kappa shape index (κ2) is 7.75. The smallest absolute Gasteiger partial charge is 0.317 e. The first-order valence-corrected chi connectivity index (χ1v) is 7.15. The van der Waals surface area contributed by atoms with Crippen molar-refractivity contribution in [2.45, 2.75) is 6.42 Å². The number of nitrogens with zero attached hydrogens (tertiary/aromatic N) is 2. The van der Waals surface area contributed by atoms with Crippen molar-refractivity contribution in [2.75, 3.05) is 46.4 Å². The van der Waals surface area contributed by atoms with E-state index in [1.54, 1.807) is 0 Å². The number of likely N-dealkylation sites (N-methyl/N-ethyl adjacent to an activating group) is 1. The van der Waals surface area contributed by atoms with Gasteiger partial charge in [-0.2, -0.15) is 0 Å². The lowest BCUT2D eigenvalue weighted by atomic mass is 10.3. The third kappa shape index (κ3) is 4.74. The van der Waals surface area contributed by atoms with E-state index in [9.17, 15) is 4.79 Å². The van der Waals surface area contributed by atoms with Crippen molar-refractivity contribution in [1.82, 2.24) is 15.1 Å². The van der Waals surface area contributed by atoms with Crippen LogP contribution in [-0.4, -0.2) is 62.2 Å². The molecule has 5 nitrogen and oxygen atoms in total. The van der Waals surface area contributed by atoms with Gasteiger partial charge in [0.15, 0.2) is 0 Å². The number of para-hydroxylation sites is 1. The maximum Gasteiger partial charge on any atom is 0.317 e. The predicted molar refractivity (Wildman–Crippen MR) is 79.0 cm³/mol. The van der Waals surface area contributed by atoms with Crippen molar-refractivity contribution < 1.29 is 9.53 Å². The molecule has 0 bridgehead atoms. The number of rotatable bonds is 5. The molecule has 0 saturated carbocycles. The Labute approximate surface area is 120 Å². The molecule has 0 aromatic heterocycles. The number of benzene rings is 1. The lowest BCUT2D eigenvalue weighted by molar-refractivity contribution is 0.154. The van der Waals surface area contributed by atoms with Crippen LogP contribution in [0.2, 0.25) is 0 Å². The van der Waals surface area contributed by atoms with Crippen molar-refractivity contribution in [3.63, 3.8) is 0 Å². The van der Waals surface area contributed by atoms with Gasteiger partial charge in [0, 0.05) is 32.7 Å². The third-order valence-corrected chi connectivity index (χ3v) is 3.40. The van der Waals surface area contributed by atoms with E-state index in [0.717, 1.165) is 38.3 Å². The van der Waals surface area contributed by atoms with Gasteiger partial charge in [-0.25, -0.2) is 4.79 Å². The molecule has 110 valence electrons. The Hall–Kier alpha value is -1.75. The average Bonchev–Trinajstić information content (AvgIpc) is 2.48. The fourth-order valence-corrected chi connectivity index (χ4v) is 2.10. The van der Waals surface area contributed by atoms with Gasteiger partial charge in [-0.3, -0.25) is 0 Å². The molecule has 1 aliphatic heterocycles. The summed E-state index contributed by atoms with van der Waals surface area (Å²) in [4.78, 5) is 16.0. The summed E-state index contributed by atoms with van der Waals surface area (Å²) in [5, 5.41) is 2.94. The highest BCUT2D eigenvalue weighted by molar-refractivity contribution is 5.74. The zero-order valence-electron chi connectivity index (χ0n) is 12.0. The van der Waals surface area contributed by atoms with E-state index >= 15 is 0 Å². The molecule has 0 atom stereocenters. The highest BCUT2D eigenvalue weighted by atomic mass is 16.5. The number of hydrogen-bond acceptors (Lipinski definition) is 3. The zero-order valence-corrected chi connectivity index (χ0v) is 12.0. The van der Waals surface area contributed by atoms with Crippen molar-refractivity contribution >= 4 is 6.03 Å². The second-order valence-electron chi connectivity index (χ2n) is 5.04. The van der Waals surface area contributed by atoms with Crippen molar-refractivity contribution in [3.8, 4) is 5.75 Å². The number of hydrogen-bond donors (Lipinski definition) is 1. The summed E-state index contributed by atoms with van der Waals surface area (Å²) in [7, 11) is 2.08. The second-order valence-corrected chi connectivity index (χ2v) is 5.04. The Morgan fingerprint density at radius 1 is 1.20 bits per heavy atom. The van der Waals surface area contributed by atoms with Crippen LogP contribution in [0, 0.1) is 0 Å². The summed E-state index contributed by atoms with van der Waals surface area (Å²) < 4.78 is 5.58. The van der Waals surface area contributed by atoms with Gasteiger partial charge in [0.25, 0.3) is 0 Å². The van der Waals surface area contributed by atoms with E-state index in [0.29, 0.717) is 13.2 Å². The standard InChI is InChI=1S/C15H23N3O2/c1-17-9-11-18(12-10-17)15(19)16-8-5-13-20-14-6-3-2-4-7-14/h2-4,6-7H,5,8-13H2,1H3,(H,16,19). The van der Waals surface area contributed by atoms with Crippen molar-refractivity contribution in [3.05, 3.63) is 30.3 Å². The van der Waals surface area contributed by atoms with Gasteiger partial charge in [-0.15, -0.1) is 0 Å². The Kier molecular flexibility index (Phi) is 5.68. The molecule has 1 fully saturated rings. The van der Waals surface area contributed by atoms with Crippen LogP contribution in [0.25, 0.3) is 0 Å². The van der Waals surface area contributed by atoms with Gasteiger partial charge in [0.1, 0.15) is 5.75 Å². The van der Waals surface area contributed by atoms with Crippen LogP contribution in [0.1, 0.15) is 6.42 Å². The molecular formula is C15H23N3O2. The zero-order chi connectivity index (χ0) is 14.2. The van der Waals surface area contributed by atoms with Crippen LogP contribution in [-0.2, 0) is 0 Å². The molecule has 0 aliphatic carbocycles. The maximum atomic E-state index is 11.9. The SMILES string of the molecule is CN1CCN(C(=O)NCCCOc2ccccc2)CC1. The molecule has 0 radical (unpaired) electrons. The van der Waals surface area contributed by atoms with Crippen LogP contribution in [0.5, 0.6) is 5.75 Å². The lowest BCUT2D eigenvalue weighted by Gasteiger charge is -2.32. The number of carbonyl (C=O) groups is 1. The minimum atomic E-state index is 0.0396. The molecule has 2 amide bonds. The Morgan fingerprint density at radius 2 is 1.90 bits per heavy atom. The maximum absolute atomic E-state index is 11.9. The van der Waals surface area contributed by atoms with E-state index in [2.05, 4.69) is 17.3 Å². The molecule has 0 unspecified atom stereocenters. The molecule has 20 heavy (non-hydrogen) atoms. The molecule has 1 aromatic rings. The molecule has 1 aromatic carbocycles. The first-order valence-electron chi connectivity index (χ1n) is 7.15. The molecule has 1 heterocycles. The Balaban J connectivity index is 1.55. The van der Waals surface area contributed by atoms with Gasteiger partial charge >= 0.3 is 6.03 Å². The number of ether oxygens (including phenoxy) is 1. The fraction of sp³-hybridized carbons (Fsp3) is 0.533. The van der Waals surface area contributed by atoms with Crippen molar-refractivity contribution in [2.24, 2.45) is 0 Å². The van der Waals surface area contributed by atoms with E-state index in [1.807, 2.05) is 35.2 Å². The van der Waals surface area contributed by atoms with E-state index < -0.39 is 0 Å². The summed E-state index contributed by atoms with van der Waals surface area (Å²) in [6.45, 7) is 4.78. The van der Waals surface area contributed by atoms with Crippen LogP contribution in [0.4, 0.5) is 4.79 Å². The largest absolute Gasteiger partial charge is 0.494 e. The Morgan fingerprint density at radius 3 is 2.60 bits per heavy atom. The van der Waals surface area contributed by atoms with Gasteiger partial charge in [0.2, 0.25) is 0 Å². The third-order valence-electron chi connectivity index (χ3n) is 3.40. The fourth-order valence-electron chi connectivity index (χ4n) is 2.10. The summed E-state index contributed by atoms with van der Waals surface area (Å²) in [6, 6.07) is 9.77. The van der Waals surface area contributed by atoms with Gasteiger partial charge in [0.05, 0.1) is 6.61 Å². The number of piperazine rings is 1. The number of urea groups is 1. The first-order chi connectivity index (χ1) is 9.75. The van der Waals surface area contributed by atoms with Crippen LogP contribution in [0.3, 0.4) is 0 Å². The van der Waals surface area contributed by atoms with Gasteiger partial charge < -0.3 is 19.9 Å². The number of nitrogens with one attached hydrogen (secondary N) is 1. The van der Waals surface area contributed by atoms with Crippen LogP contribution in [0.15, 0.2) is 30.3 Å². The average molecular weight is 277 g/mol. The van der Waals surface area contributed by atoms with Gasteiger partial charge in [-0.1, -0.05) is 18.2 Å². The van der Waals surface area contributed by atoms with Gasteiger partial charge in [-0.05, 0) is 25.6 Å². The summed E-state index contributed by atoms with van der Waals surface area (Å²) in [5.74, 6) is 0.873. The molecule has 1 saturated heterocycles. The number of amides is 2. The minimum absolute atomic E-state index is 0.0396. The number of carbonyl (C=O) groups excluding carboxylic acids is 1. The van der Waals surface area contributed by atoms with Crippen LogP contribution >= 0.6 is 0 Å². The minimum Gasteiger partial charge on any atom is -0.494 e. The normalized spacial score (nSPS) is 15.9. The molecule has 5 heteroatoms. The van der Waals surface area contributed by atoms with E-state index in [1.165, 1.54) is 0 Å². The lowest BCUT2D eigenvalue weighted by Crippen LogP contribution is -2.50. The molecular weight excluding hydrogens is 254 g/mol. The topological polar surface area (TPSA) is 44.8 Å². The molecule has 0 spiro atoms. The molecule has 1 N–H and O–H groups in total. The Bertz CT molecular complexity index is 403.